The van der Waals surface area contributed by atoms with Crippen molar-refractivity contribution in [3.8, 4) is 0 Å². The summed E-state index contributed by atoms with van der Waals surface area (Å²) in [5, 5.41) is 0. The third kappa shape index (κ3) is 3.70. The van der Waals surface area contributed by atoms with Crippen molar-refractivity contribution < 1.29 is 14.2 Å². The molecule has 3 heteroatoms. The van der Waals surface area contributed by atoms with Crippen LogP contribution in [-0.4, -0.2) is 26.3 Å². The average Bonchev–Trinajstić information content (AvgIpc) is 2.03. The second-order valence-electron chi connectivity index (χ2n) is 3.14. The van der Waals surface area contributed by atoms with E-state index in [0.717, 1.165) is 19.6 Å². The summed E-state index contributed by atoms with van der Waals surface area (Å²) in [4.78, 5) is 0. The van der Waals surface area contributed by atoms with Gasteiger partial charge in [0.25, 0.3) is 0 Å². The van der Waals surface area contributed by atoms with Gasteiger partial charge < -0.3 is 14.2 Å². The molecule has 1 rings (SSSR count). The standard InChI is InChI=1S/C8H16O3/c1-7(2)5-10-8-3-4-9-6-11-8/h7-8H,3-6H2,1-2H3. The van der Waals surface area contributed by atoms with Crippen LogP contribution in [0.2, 0.25) is 0 Å². The smallest absolute Gasteiger partial charge is 0.162 e. The molecule has 0 aromatic heterocycles. The summed E-state index contributed by atoms with van der Waals surface area (Å²) in [7, 11) is 0. The van der Waals surface area contributed by atoms with Crippen LogP contribution in [-0.2, 0) is 14.2 Å². The van der Waals surface area contributed by atoms with Gasteiger partial charge in [0.05, 0.1) is 13.2 Å². The van der Waals surface area contributed by atoms with Crippen LogP contribution in [0.3, 0.4) is 0 Å². The molecule has 1 aliphatic rings. The Kier molecular flexibility index (Phi) is 3.83. The van der Waals surface area contributed by atoms with Gasteiger partial charge in [-0.1, -0.05) is 13.8 Å². The van der Waals surface area contributed by atoms with Crippen molar-refractivity contribution in [3.05, 3.63) is 0 Å². The molecule has 0 spiro atoms. The predicted octanol–water partition coefficient (Wildman–Crippen LogP) is 1.38. The van der Waals surface area contributed by atoms with Crippen molar-refractivity contribution in [3.63, 3.8) is 0 Å². The molecule has 1 unspecified atom stereocenters. The maximum absolute atomic E-state index is 5.44. The molecule has 0 aromatic rings. The Hall–Kier alpha value is -0.120. The van der Waals surface area contributed by atoms with Crippen LogP contribution in [0.25, 0.3) is 0 Å². The lowest BCUT2D eigenvalue weighted by Crippen LogP contribution is -2.27. The van der Waals surface area contributed by atoms with E-state index in [1.807, 2.05) is 0 Å². The highest BCUT2D eigenvalue weighted by atomic mass is 16.8. The fourth-order valence-corrected chi connectivity index (χ4v) is 0.877. The number of hydrogen-bond acceptors (Lipinski definition) is 3. The van der Waals surface area contributed by atoms with Gasteiger partial charge in [-0.05, 0) is 5.92 Å². The summed E-state index contributed by atoms with van der Waals surface area (Å²) in [6, 6.07) is 0. The minimum atomic E-state index is -0.0360. The highest BCUT2D eigenvalue weighted by molar-refractivity contribution is 4.49. The Morgan fingerprint density at radius 1 is 1.55 bits per heavy atom. The molecule has 1 atom stereocenters. The van der Waals surface area contributed by atoms with Gasteiger partial charge in [0.1, 0.15) is 6.79 Å². The van der Waals surface area contributed by atoms with Crippen molar-refractivity contribution >= 4 is 0 Å². The first kappa shape index (κ1) is 8.97. The Labute approximate surface area is 67.6 Å². The van der Waals surface area contributed by atoms with Crippen molar-refractivity contribution in [1.82, 2.24) is 0 Å². The van der Waals surface area contributed by atoms with Gasteiger partial charge in [0.2, 0.25) is 0 Å². The van der Waals surface area contributed by atoms with Gasteiger partial charge in [-0.3, -0.25) is 0 Å². The molecule has 0 radical (unpaired) electrons. The minimum Gasteiger partial charge on any atom is -0.355 e. The third-order valence-electron chi connectivity index (χ3n) is 1.45. The largest absolute Gasteiger partial charge is 0.355 e. The Morgan fingerprint density at radius 3 is 2.91 bits per heavy atom. The normalized spacial score (nSPS) is 25.9. The van der Waals surface area contributed by atoms with E-state index in [1.165, 1.54) is 0 Å². The third-order valence-corrected chi connectivity index (χ3v) is 1.45. The molecule has 0 aromatic carbocycles. The summed E-state index contributed by atoms with van der Waals surface area (Å²) in [6.45, 7) is 6.15. The van der Waals surface area contributed by atoms with Crippen molar-refractivity contribution in [2.45, 2.75) is 26.6 Å². The Balaban J connectivity index is 2.05. The van der Waals surface area contributed by atoms with Gasteiger partial charge in [-0.15, -0.1) is 0 Å². The van der Waals surface area contributed by atoms with E-state index in [2.05, 4.69) is 13.8 Å². The molecule has 1 fully saturated rings. The van der Waals surface area contributed by atoms with Crippen LogP contribution in [0.5, 0.6) is 0 Å². The van der Waals surface area contributed by atoms with Crippen LogP contribution in [0.15, 0.2) is 0 Å². The average molecular weight is 160 g/mol. The van der Waals surface area contributed by atoms with E-state index < -0.39 is 0 Å². The highest BCUT2D eigenvalue weighted by Gasteiger charge is 2.14. The van der Waals surface area contributed by atoms with Crippen LogP contribution in [0.4, 0.5) is 0 Å². The first-order valence-corrected chi connectivity index (χ1v) is 4.10. The number of rotatable bonds is 3. The molecular weight excluding hydrogens is 144 g/mol. The molecule has 1 heterocycles. The zero-order chi connectivity index (χ0) is 8.10. The lowest BCUT2D eigenvalue weighted by molar-refractivity contribution is -0.238. The Morgan fingerprint density at radius 2 is 2.36 bits per heavy atom. The lowest BCUT2D eigenvalue weighted by atomic mass is 10.2. The van der Waals surface area contributed by atoms with Gasteiger partial charge in [-0.25, -0.2) is 0 Å². The van der Waals surface area contributed by atoms with E-state index in [0.29, 0.717) is 12.7 Å². The number of hydrogen-bond donors (Lipinski definition) is 0. The second kappa shape index (κ2) is 4.70. The van der Waals surface area contributed by atoms with E-state index in [9.17, 15) is 0 Å². The molecule has 0 N–H and O–H groups in total. The Bertz CT molecular complexity index is 97.5. The molecule has 1 aliphatic heterocycles. The summed E-state index contributed by atoms with van der Waals surface area (Å²) < 4.78 is 15.6. The van der Waals surface area contributed by atoms with Gasteiger partial charge >= 0.3 is 0 Å². The number of ether oxygens (including phenoxy) is 3. The van der Waals surface area contributed by atoms with Crippen molar-refractivity contribution in [2.24, 2.45) is 5.92 Å². The first-order valence-electron chi connectivity index (χ1n) is 4.10. The zero-order valence-corrected chi connectivity index (χ0v) is 7.21. The van der Waals surface area contributed by atoms with Gasteiger partial charge in [-0.2, -0.15) is 0 Å². The summed E-state index contributed by atoms with van der Waals surface area (Å²) in [6.07, 6.45) is 0.818. The summed E-state index contributed by atoms with van der Waals surface area (Å²) >= 11 is 0. The molecule has 1 saturated heterocycles. The van der Waals surface area contributed by atoms with E-state index in [1.54, 1.807) is 0 Å². The lowest BCUT2D eigenvalue weighted by Gasteiger charge is -2.23. The summed E-state index contributed by atoms with van der Waals surface area (Å²) in [5.41, 5.74) is 0. The van der Waals surface area contributed by atoms with Crippen LogP contribution in [0.1, 0.15) is 20.3 Å². The molecule has 3 nitrogen and oxygen atoms in total. The highest BCUT2D eigenvalue weighted by Crippen LogP contribution is 2.08. The van der Waals surface area contributed by atoms with Crippen molar-refractivity contribution in [2.75, 3.05) is 20.0 Å². The molecule has 0 saturated carbocycles. The monoisotopic (exact) mass is 160 g/mol. The van der Waals surface area contributed by atoms with Gasteiger partial charge in [0, 0.05) is 6.42 Å². The molecule has 0 bridgehead atoms. The fraction of sp³-hybridized carbons (Fsp3) is 1.00. The van der Waals surface area contributed by atoms with Crippen LogP contribution >= 0.6 is 0 Å². The fourth-order valence-electron chi connectivity index (χ4n) is 0.877. The van der Waals surface area contributed by atoms with Gasteiger partial charge in [0.15, 0.2) is 6.29 Å². The maximum Gasteiger partial charge on any atom is 0.162 e. The van der Waals surface area contributed by atoms with Crippen LogP contribution < -0.4 is 0 Å². The molecule has 66 valence electrons. The molecule has 0 aliphatic carbocycles. The van der Waals surface area contributed by atoms with E-state index in [-0.39, 0.29) is 6.29 Å². The zero-order valence-electron chi connectivity index (χ0n) is 7.21. The predicted molar refractivity (Wildman–Crippen MR) is 41.1 cm³/mol. The van der Waals surface area contributed by atoms with Crippen molar-refractivity contribution in [1.29, 1.82) is 0 Å². The quantitative estimate of drug-likeness (QED) is 0.624. The molecule has 0 amide bonds. The topological polar surface area (TPSA) is 27.7 Å². The SMILES string of the molecule is CC(C)COC1CCOCO1. The minimum absolute atomic E-state index is 0.0360. The van der Waals surface area contributed by atoms with Crippen LogP contribution in [0, 0.1) is 5.92 Å². The summed E-state index contributed by atoms with van der Waals surface area (Å²) in [5.74, 6) is 0.571. The maximum atomic E-state index is 5.44. The molecular formula is C8H16O3. The van der Waals surface area contributed by atoms with E-state index in [4.69, 9.17) is 14.2 Å². The molecule has 11 heavy (non-hydrogen) atoms. The second-order valence-corrected chi connectivity index (χ2v) is 3.14. The first-order chi connectivity index (χ1) is 5.29. The van der Waals surface area contributed by atoms with E-state index >= 15 is 0 Å².